The number of halogens is 1. The Bertz CT molecular complexity index is 1760. The Labute approximate surface area is 256 Å². The van der Waals surface area contributed by atoms with Crippen molar-refractivity contribution < 1.29 is 19.0 Å². The largest absolute Gasteiger partial charge is 0.491 e. The van der Waals surface area contributed by atoms with Crippen molar-refractivity contribution in [2.45, 2.75) is 45.3 Å². The normalized spacial score (nSPS) is 14.6. The first-order valence-electron chi connectivity index (χ1n) is 15.1. The van der Waals surface area contributed by atoms with Crippen LogP contribution in [-0.2, 0) is 39.5 Å². The first-order valence-corrected chi connectivity index (χ1v) is 15.1. The third-order valence-corrected chi connectivity index (χ3v) is 8.60. The van der Waals surface area contributed by atoms with Gasteiger partial charge in [-0.25, -0.2) is 4.39 Å². The molecule has 0 unspecified atom stereocenters. The van der Waals surface area contributed by atoms with Crippen LogP contribution in [0.15, 0.2) is 53.6 Å². The highest BCUT2D eigenvalue weighted by atomic mass is 19.1. The lowest BCUT2D eigenvalue weighted by Gasteiger charge is -2.31. The Kier molecular flexibility index (Phi) is 8.38. The molecule has 0 spiro atoms. The molecule has 1 N–H and O–H groups in total. The summed E-state index contributed by atoms with van der Waals surface area (Å²) in [5.74, 6) is -0.0720. The van der Waals surface area contributed by atoms with Gasteiger partial charge >= 0.3 is 0 Å². The molecule has 44 heavy (non-hydrogen) atoms. The van der Waals surface area contributed by atoms with E-state index in [1.807, 2.05) is 37.2 Å². The van der Waals surface area contributed by atoms with Crippen molar-refractivity contribution in [2.75, 3.05) is 38.7 Å². The van der Waals surface area contributed by atoms with Crippen LogP contribution >= 0.6 is 0 Å². The maximum Gasteiger partial charge on any atom is 0.274 e. The molecular formula is C34H38FN5O4. The number of amides is 1. The Hall–Kier alpha value is -4.28. The van der Waals surface area contributed by atoms with E-state index in [1.165, 1.54) is 28.0 Å². The van der Waals surface area contributed by atoms with Crippen molar-refractivity contribution in [1.29, 1.82) is 0 Å². The SMILES string of the molecule is CN(C)CCOc1ccc(Cc2cc(-c3cc(F)cc(N4CCn5c(cc6c5CCCC6)C4=O)c3CO)cn(C)c2=O)nc1. The smallest absolute Gasteiger partial charge is 0.274 e. The first-order chi connectivity index (χ1) is 21.2. The summed E-state index contributed by atoms with van der Waals surface area (Å²) in [6.45, 7) is 1.91. The van der Waals surface area contributed by atoms with Crippen LogP contribution in [0.2, 0.25) is 0 Å². The second-order valence-corrected chi connectivity index (χ2v) is 11.9. The van der Waals surface area contributed by atoms with Crippen molar-refractivity contribution >= 4 is 11.6 Å². The number of likely N-dealkylation sites (N-methyl/N-ethyl adjacent to an activating group) is 1. The van der Waals surface area contributed by atoms with Gasteiger partial charge in [-0.2, -0.15) is 0 Å². The minimum Gasteiger partial charge on any atom is -0.491 e. The molecule has 0 radical (unpaired) electrons. The molecule has 0 saturated carbocycles. The lowest BCUT2D eigenvalue weighted by Crippen LogP contribution is -2.41. The van der Waals surface area contributed by atoms with E-state index in [0.29, 0.717) is 64.8 Å². The molecule has 4 heterocycles. The fraction of sp³-hybridized carbons (Fsp3) is 0.382. The number of aromatic nitrogens is 3. The number of pyridine rings is 2. The zero-order valence-electron chi connectivity index (χ0n) is 25.5. The average molecular weight is 600 g/mol. The average Bonchev–Trinajstić information content (AvgIpc) is 3.39. The van der Waals surface area contributed by atoms with Crippen molar-refractivity contribution in [3.63, 3.8) is 0 Å². The third-order valence-electron chi connectivity index (χ3n) is 8.60. The van der Waals surface area contributed by atoms with Crippen LogP contribution in [0.5, 0.6) is 5.75 Å². The number of anilines is 1. The Balaban J connectivity index is 1.31. The summed E-state index contributed by atoms with van der Waals surface area (Å²) in [7, 11) is 5.60. The highest BCUT2D eigenvalue weighted by molar-refractivity contribution is 6.07. The molecule has 1 amide bonds. The van der Waals surface area contributed by atoms with Crippen LogP contribution in [0, 0.1) is 5.82 Å². The molecule has 0 atom stereocenters. The van der Waals surface area contributed by atoms with Gasteiger partial charge in [0.1, 0.15) is 23.9 Å². The van der Waals surface area contributed by atoms with Crippen molar-refractivity contribution in [1.82, 2.24) is 19.0 Å². The number of hydrogen-bond acceptors (Lipinski definition) is 6. The molecule has 1 aliphatic heterocycles. The molecular weight excluding hydrogens is 561 g/mol. The lowest BCUT2D eigenvalue weighted by atomic mass is 9.96. The summed E-state index contributed by atoms with van der Waals surface area (Å²) in [4.78, 5) is 35.0. The molecule has 1 aromatic carbocycles. The van der Waals surface area contributed by atoms with Crippen LogP contribution < -0.4 is 15.2 Å². The maximum absolute atomic E-state index is 15.3. The van der Waals surface area contributed by atoms with Crippen LogP contribution in [0.1, 0.15) is 51.4 Å². The number of aryl methyl sites for hydroxylation is 2. The summed E-state index contributed by atoms with van der Waals surface area (Å²) in [5.41, 5.74) is 5.83. The minimum atomic E-state index is -0.526. The summed E-state index contributed by atoms with van der Waals surface area (Å²) in [6, 6.07) is 10.0. The standard InChI is InChI=1S/C34H38FN5O4/c1-37(2)12-13-44-27-9-8-26(36-19-27)15-23-14-24(20-38(3)33(23)42)28-17-25(35)18-31(29(28)21-41)40-11-10-39-30-7-5-4-6-22(30)16-32(39)34(40)43/h8-9,14,16-20,41H,4-7,10-13,15,21H2,1-3H3. The fourth-order valence-electron chi connectivity index (χ4n) is 6.35. The number of aliphatic hydroxyl groups is 1. The number of carbonyl (C=O) groups excluding carboxylic acids is 1. The van der Waals surface area contributed by atoms with E-state index in [2.05, 4.69) is 9.55 Å². The van der Waals surface area contributed by atoms with E-state index in [4.69, 9.17) is 4.74 Å². The van der Waals surface area contributed by atoms with Crippen LogP contribution in [0.4, 0.5) is 10.1 Å². The van der Waals surface area contributed by atoms with Gasteiger partial charge in [-0.3, -0.25) is 14.6 Å². The van der Waals surface area contributed by atoms with E-state index in [-0.39, 0.29) is 17.9 Å². The number of aliphatic hydroxyl groups excluding tert-OH is 1. The molecule has 1 aliphatic carbocycles. The summed E-state index contributed by atoms with van der Waals surface area (Å²) in [6.07, 6.45) is 7.71. The number of benzene rings is 1. The quantitative estimate of drug-likeness (QED) is 0.313. The van der Waals surface area contributed by atoms with Gasteiger partial charge in [0.05, 0.1) is 18.5 Å². The summed E-state index contributed by atoms with van der Waals surface area (Å²) >= 11 is 0. The molecule has 3 aromatic heterocycles. The maximum atomic E-state index is 15.3. The third kappa shape index (κ3) is 5.79. The fourth-order valence-corrected chi connectivity index (χ4v) is 6.35. The van der Waals surface area contributed by atoms with Crippen molar-refractivity contribution in [3.8, 4) is 16.9 Å². The number of rotatable bonds is 9. The van der Waals surface area contributed by atoms with Gasteiger partial charge in [0, 0.05) is 61.8 Å². The van der Waals surface area contributed by atoms with Crippen LogP contribution in [0.25, 0.3) is 11.1 Å². The predicted molar refractivity (Wildman–Crippen MR) is 167 cm³/mol. The molecule has 0 bridgehead atoms. The van der Waals surface area contributed by atoms with Crippen LogP contribution in [0.3, 0.4) is 0 Å². The van der Waals surface area contributed by atoms with E-state index in [0.717, 1.165) is 32.2 Å². The van der Waals surface area contributed by atoms with Gasteiger partial charge in [0.15, 0.2) is 0 Å². The second kappa shape index (κ2) is 12.4. The molecule has 2 aliphatic rings. The second-order valence-electron chi connectivity index (χ2n) is 11.9. The number of ether oxygens (including phenoxy) is 1. The summed E-state index contributed by atoms with van der Waals surface area (Å²) in [5, 5.41) is 10.6. The zero-order valence-corrected chi connectivity index (χ0v) is 25.5. The molecule has 9 nitrogen and oxygen atoms in total. The number of nitrogens with zero attached hydrogens (tertiary/aromatic N) is 5. The topological polar surface area (TPSA) is 92.8 Å². The van der Waals surface area contributed by atoms with E-state index in [9.17, 15) is 14.7 Å². The number of carbonyl (C=O) groups is 1. The first kappa shape index (κ1) is 29.8. The van der Waals surface area contributed by atoms with Crippen molar-refractivity contribution in [2.24, 2.45) is 7.05 Å². The molecule has 0 saturated heterocycles. The number of hydrogen-bond donors (Lipinski definition) is 1. The number of fused-ring (bicyclic) bond motifs is 3. The van der Waals surface area contributed by atoms with E-state index < -0.39 is 12.4 Å². The summed E-state index contributed by atoms with van der Waals surface area (Å²) < 4.78 is 24.6. The van der Waals surface area contributed by atoms with Crippen LogP contribution in [-0.4, -0.2) is 63.8 Å². The molecule has 10 heteroatoms. The minimum absolute atomic E-state index is 0.194. The van der Waals surface area contributed by atoms with Gasteiger partial charge < -0.3 is 28.8 Å². The molecule has 6 rings (SSSR count). The van der Waals surface area contributed by atoms with Gasteiger partial charge in [-0.1, -0.05) is 0 Å². The van der Waals surface area contributed by atoms with E-state index in [1.54, 1.807) is 30.4 Å². The Morgan fingerprint density at radius 2 is 1.89 bits per heavy atom. The monoisotopic (exact) mass is 599 g/mol. The van der Waals surface area contributed by atoms with Gasteiger partial charge in [-0.15, -0.1) is 0 Å². The molecule has 4 aromatic rings. The van der Waals surface area contributed by atoms with Gasteiger partial charge in [-0.05, 0) is 92.9 Å². The highest BCUT2D eigenvalue weighted by Crippen LogP contribution is 2.36. The van der Waals surface area contributed by atoms with Gasteiger partial charge in [0.25, 0.3) is 11.5 Å². The molecule has 230 valence electrons. The Morgan fingerprint density at radius 1 is 1.07 bits per heavy atom. The predicted octanol–water partition coefficient (Wildman–Crippen LogP) is 3.95. The van der Waals surface area contributed by atoms with Crippen molar-refractivity contribution in [3.05, 3.63) is 98.7 Å². The molecule has 0 fully saturated rings. The van der Waals surface area contributed by atoms with E-state index >= 15 is 4.39 Å². The highest BCUT2D eigenvalue weighted by Gasteiger charge is 2.32. The Morgan fingerprint density at radius 3 is 2.64 bits per heavy atom. The zero-order chi connectivity index (χ0) is 31.0. The lowest BCUT2D eigenvalue weighted by molar-refractivity contribution is 0.0964. The van der Waals surface area contributed by atoms with Gasteiger partial charge in [0.2, 0.25) is 0 Å².